The highest BCUT2D eigenvalue weighted by Crippen LogP contribution is 2.42. The van der Waals surface area contributed by atoms with Gasteiger partial charge in [-0.05, 0) is 35.4 Å². The van der Waals surface area contributed by atoms with E-state index in [9.17, 15) is 15.3 Å². The molecule has 0 aliphatic heterocycles. The Morgan fingerprint density at radius 2 is 1.35 bits per heavy atom. The molecule has 4 N–H and O–H groups in total. The molecule has 0 radical (unpaired) electrons. The molecule has 2 atom stereocenters. The minimum Gasteiger partial charge on any atom is -0.502 e. The fourth-order valence-corrected chi connectivity index (χ4v) is 2.95. The van der Waals surface area contributed by atoms with E-state index in [1.54, 1.807) is 24.3 Å². The van der Waals surface area contributed by atoms with Crippen molar-refractivity contribution in [2.75, 3.05) is 41.7 Å². The summed E-state index contributed by atoms with van der Waals surface area (Å²) in [5.74, 6) is 0.784. The van der Waals surface area contributed by atoms with E-state index in [0.29, 0.717) is 22.6 Å². The van der Waals surface area contributed by atoms with Gasteiger partial charge in [-0.3, -0.25) is 0 Å². The quantitative estimate of drug-likeness (QED) is 0.418. The molecule has 31 heavy (non-hydrogen) atoms. The molecule has 2 aromatic carbocycles. The van der Waals surface area contributed by atoms with Crippen LogP contribution in [0.3, 0.4) is 0 Å². The van der Waals surface area contributed by atoms with Gasteiger partial charge in [0.25, 0.3) is 0 Å². The summed E-state index contributed by atoms with van der Waals surface area (Å²) in [5.41, 5.74) is 0.996. The second-order valence-electron chi connectivity index (χ2n) is 6.40. The topological polar surface area (TPSA) is 127 Å². The fraction of sp³-hybridized carbons (Fsp3) is 0.364. The van der Waals surface area contributed by atoms with Gasteiger partial charge in [-0.25, -0.2) is 0 Å². The van der Waals surface area contributed by atoms with E-state index in [-0.39, 0.29) is 29.6 Å². The average Bonchev–Trinajstić information content (AvgIpc) is 2.80. The fourth-order valence-electron chi connectivity index (χ4n) is 2.95. The van der Waals surface area contributed by atoms with Gasteiger partial charge < -0.3 is 44.1 Å². The molecule has 0 spiro atoms. The van der Waals surface area contributed by atoms with Crippen LogP contribution in [0.15, 0.2) is 30.3 Å². The molecule has 0 heterocycles. The maximum Gasteiger partial charge on any atom is 0.204 e. The Bertz CT molecular complexity index is 845. The molecule has 0 fully saturated rings. The summed E-state index contributed by atoms with van der Waals surface area (Å²) in [4.78, 5) is 0. The van der Waals surface area contributed by atoms with E-state index in [2.05, 4.69) is 0 Å². The van der Waals surface area contributed by atoms with Crippen LogP contribution in [0.2, 0.25) is 0 Å². The van der Waals surface area contributed by atoms with Crippen LogP contribution in [0.4, 0.5) is 0 Å². The number of methoxy groups -OCH3 is 4. The molecule has 0 aliphatic rings. The molecule has 2 rings (SSSR count). The second-order valence-corrected chi connectivity index (χ2v) is 6.40. The van der Waals surface area contributed by atoms with Gasteiger partial charge in [0.05, 0.1) is 41.7 Å². The van der Waals surface area contributed by atoms with Crippen molar-refractivity contribution in [2.24, 2.45) is 0 Å². The van der Waals surface area contributed by atoms with Gasteiger partial charge in [-0.1, -0.05) is 12.2 Å². The first-order valence-corrected chi connectivity index (χ1v) is 9.37. The number of ether oxygens (including phenoxy) is 5. The van der Waals surface area contributed by atoms with E-state index >= 15 is 0 Å². The average molecular weight is 436 g/mol. The Morgan fingerprint density at radius 1 is 0.839 bits per heavy atom. The Balaban J connectivity index is 2.43. The summed E-state index contributed by atoms with van der Waals surface area (Å²) >= 11 is 0. The maximum absolute atomic E-state index is 10.9. The largest absolute Gasteiger partial charge is 0.502 e. The summed E-state index contributed by atoms with van der Waals surface area (Å²) < 4.78 is 26.9. The van der Waals surface area contributed by atoms with E-state index < -0.39 is 18.8 Å². The number of aromatic hydroxyl groups is 1. The summed E-state index contributed by atoms with van der Waals surface area (Å²) in [6.45, 7) is -0.660. The second kappa shape index (κ2) is 11.3. The lowest BCUT2D eigenvalue weighted by Crippen LogP contribution is -2.29. The molecular weight excluding hydrogens is 408 g/mol. The number of hydrogen-bond acceptors (Lipinski definition) is 9. The third-order valence-electron chi connectivity index (χ3n) is 4.54. The van der Waals surface area contributed by atoms with Crippen LogP contribution in [0, 0.1) is 0 Å². The van der Waals surface area contributed by atoms with Crippen LogP contribution in [-0.2, 0) is 0 Å². The lowest BCUT2D eigenvalue weighted by atomic mass is 10.0. The van der Waals surface area contributed by atoms with E-state index in [1.165, 1.54) is 40.6 Å². The molecule has 9 nitrogen and oxygen atoms in total. The van der Waals surface area contributed by atoms with Crippen molar-refractivity contribution >= 4 is 6.08 Å². The third-order valence-corrected chi connectivity index (χ3v) is 4.54. The first-order chi connectivity index (χ1) is 14.9. The van der Waals surface area contributed by atoms with Crippen molar-refractivity contribution in [3.63, 3.8) is 0 Å². The predicted molar refractivity (Wildman–Crippen MR) is 113 cm³/mol. The number of benzene rings is 2. The maximum atomic E-state index is 10.9. The van der Waals surface area contributed by atoms with Crippen molar-refractivity contribution in [1.82, 2.24) is 0 Å². The van der Waals surface area contributed by atoms with Crippen LogP contribution in [0.5, 0.6) is 34.5 Å². The van der Waals surface area contributed by atoms with Crippen molar-refractivity contribution in [2.45, 2.75) is 12.2 Å². The van der Waals surface area contributed by atoms with Gasteiger partial charge in [0.1, 0.15) is 6.10 Å². The monoisotopic (exact) mass is 436 g/mol. The molecular formula is C22H28O9. The number of phenolic OH excluding ortho intramolecular Hbond substituents is 1. The Morgan fingerprint density at radius 3 is 1.77 bits per heavy atom. The molecule has 0 aromatic heterocycles. The Hall–Kier alpha value is -3.14. The zero-order valence-electron chi connectivity index (χ0n) is 17.9. The van der Waals surface area contributed by atoms with Crippen LogP contribution >= 0.6 is 0 Å². The van der Waals surface area contributed by atoms with Gasteiger partial charge in [0.2, 0.25) is 11.5 Å². The molecule has 0 saturated heterocycles. The zero-order chi connectivity index (χ0) is 23.0. The van der Waals surface area contributed by atoms with E-state index in [0.717, 1.165) is 0 Å². The molecule has 0 bridgehead atoms. The third kappa shape index (κ3) is 5.52. The van der Waals surface area contributed by atoms with Crippen LogP contribution < -0.4 is 23.7 Å². The lowest BCUT2D eigenvalue weighted by Gasteiger charge is -2.25. The Labute approximate surface area is 180 Å². The highest BCUT2D eigenvalue weighted by atomic mass is 16.6. The highest BCUT2D eigenvalue weighted by molar-refractivity contribution is 5.62. The van der Waals surface area contributed by atoms with Gasteiger partial charge >= 0.3 is 0 Å². The minimum atomic E-state index is -1.31. The molecule has 0 amide bonds. The summed E-state index contributed by atoms with van der Waals surface area (Å²) in [7, 11) is 5.63. The highest BCUT2D eigenvalue weighted by Gasteiger charge is 2.27. The van der Waals surface area contributed by atoms with Crippen molar-refractivity contribution < 1.29 is 44.1 Å². The molecule has 170 valence electrons. The minimum absolute atomic E-state index is 0.0975. The first kappa shape index (κ1) is 24.1. The SMILES string of the molecule is COc1cc(C(O)C(CO)Oc2c(OC)cc(/C=C/CO)cc2OC)cc(OC)c1O. The van der Waals surface area contributed by atoms with Crippen molar-refractivity contribution in [3.05, 3.63) is 41.5 Å². The lowest BCUT2D eigenvalue weighted by molar-refractivity contribution is -0.00184. The number of rotatable bonds is 11. The van der Waals surface area contributed by atoms with Gasteiger partial charge in [-0.2, -0.15) is 0 Å². The van der Waals surface area contributed by atoms with E-state index in [4.69, 9.17) is 28.8 Å². The zero-order valence-corrected chi connectivity index (χ0v) is 17.9. The Kier molecular flexibility index (Phi) is 8.80. The van der Waals surface area contributed by atoms with Gasteiger partial charge in [0, 0.05) is 0 Å². The smallest absolute Gasteiger partial charge is 0.204 e. The van der Waals surface area contributed by atoms with Crippen LogP contribution in [-0.4, -0.2) is 68.2 Å². The number of aliphatic hydroxyl groups is 3. The molecule has 9 heteroatoms. The number of phenols is 1. The number of hydrogen-bond donors (Lipinski definition) is 4. The summed E-state index contributed by atoms with van der Waals surface area (Å²) in [5, 5.41) is 39.8. The summed E-state index contributed by atoms with van der Waals surface area (Å²) in [6.07, 6.45) is 0.820. The van der Waals surface area contributed by atoms with Crippen LogP contribution in [0.25, 0.3) is 6.08 Å². The molecule has 0 aliphatic carbocycles. The standard InChI is InChI=1S/C22H28O9/c1-27-15-10-14(11-16(28-2)21(15)26)20(25)19(12-24)31-22-17(29-3)8-13(6-5-7-23)9-18(22)30-4/h5-6,8-11,19-20,23-26H,7,12H2,1-4H3/b6-5+. The normalized spacial score (nSPS) is 13.0. The van der Waals surface area contributed by atoms with Crippen molar-refractivity contribution in [3.8, 4) is 34.5 Å². The molecule has 2 aromatic rings. The van der Waals surface area contributed by atoms with Crippen molar-refractivity contribution in [1.29, 1.82) is 0 Å². The number of aliphatic hydroxyl groups excluding tert-OH is 3. The van der Waals surface area contributed by atoms with E-state index in [1.807, 2.05) is 0 Å². The molecule has 2 unspecified atom stereocenters. The first-order valence-electron chi connectivity index (χ1n) is 9.37. The van der Waals surface area contributed by atoms with Crippen LogP contribution in [0.1, 0.15) is 17.2 Å². The van der Waals surface area contributed by atoms with Gasteiger partial charge in [0.15, 0.2) is 29.1 Å². The summed E-state index contributed by atoms with van der Waals surface area (Å²) in [6, 6.07) is 6.17. The van der Waals surface area contributed by atoms with Gasteiger partial charge in [-0.15, -0.1) is 0 Å². The predicted octanol–water partition coefficient (Wildman–Crippen LogP) is 1.91. The molecule has 0 saturated carbocycles.